The van der Waals surface area contributed by atoms with Crippen LogP contribution in [-0.4, -0.2) is 41.0 Å². The second kappa shape index (κ2) is 6.37. The zero-order chi connectivity index (χ0) is 20.3. The minimum absolute atomic E-state index is 0.0482. The molecule has 0 bridgehead atoms. The first-order valence-electron chi connectivity index (χ1n) is 9.83. The molecule has 1 amide bonds. The predicted octanol–water partition coefficient (Wildman–Crippen LogP) is 4.15. The zero-order valence-corrected chi connectivity index (χ0v) is 16.2. The molecule has 4 nitrogen and oxygen atoms in total. The van der Waals surface area contributed by atoms with E-state index in [0.29, 0.717) is 18.8 Å². The topological polar surface area (TPSA) is 49.8 Å². The number of hydrogen-bond acceptors (Lipinski definition) is 3. The molecule has 2 aliphatic carbocycles. The maximum atomic E-state index is 12.5. The third-order valence-electron chi connectivity index (χ3n) is 6.70. The van der Waals surface area contributed by atoms with Gasteiger partial charge in [-0.3, -0.25) is 4.79 Å². The molecule has 154 valence electrons. The predicted molar refractivity (Wildman–Crippen MR) is 96.8 cm³/mol. The average Bonchev–Trinajstić information content (AvgIpc) is 2.94. The van der Waals surface area contributed by atoms with Crippen LogP contribution in [0.25, 0.3) is 0 Å². The first kappa shape index (κ1) is 19.6. The molecule has 2 saturated carbocycles. The maximum Gasteiger partial charge on any atom is 0.573 e. The van der Waals surface area contributed by atoms with Gasteiger partial charge in [-0.1, -0.05) is 6.07 Å². The van der Waals surface area contributed by atoms with Gasteiger partial charge in [0.25, 0.3) is 0 Å². The van der Waals surface area contributed by atoms with Crippen molar-refractivity contribution in [3.63, 3.8) is 0 Å². The van der Waals surface area contributed by atoms with Crippen LogP contribution in [0.4, 0.5) is 13.2 Å². The van der Waals surface area contributed by atoms with Gasteiger partial charge in [0.05, 0.1) is 5.60 Å². The van der Waals surface area contributed by atoms with Gasteiger partial charge in [-0.25, -0.2) is 0 Å². The number of aryl methyl sites for hydroxylation is 1. The summed E-state index contributed by atoms with van der Waals surface area (Å²) in [5.74, 6) is 0.235. The van der Waals surface area contributed by atoms with Gasteiger partial charge in [0.2, 0.25) is 5.91 Å². The molecule has 0 aromatic heterocycles. The Kier molecular flexibility index (Phi) is 4.45. The number of carbonyl (C=O) groups is 1. The average molecular weight is 397 g/mol. The number of hydrogen-bond donors (Lipinski definition) is 1. The van der Waals surface area contributed by atoms with Crippen molar-refractivity contribution in [3.8, 4) is 5.75 Å². The van der Waals surface area contributed by atoms with Gasteiger partial charge in [-0.2, -0.15) is 0 Å². The molecule has 1 unspecified atom stereocenters. The number of rotatable bonds is 3. The molecule has 3 fully saturated rings. The van der Waals surface area contributed by atoms with E-state index >= 15 is 0 Å². The van der Waals surface area contributed by atoms with Crippen LogP contribution in [0.5, 0.6) is 5.75 Å². The first-order chi connectivity index (χ1) is 13.0. The van der Waals surface area contributed by atoms with Crippen molar-refractivity contribution >= 4 is 5.91 Å². The summed E-state index contributed by atoms with van der Waals surface area (Å²) in [5, 5.41) is 9.84. The normalized spacial score (nSPS) is 31.4. The molecule has 1 aliphatic heterocycles. The van der Waals surface area contributed by atoms with E-state index in [2.05, 4.69) is 4.74 Å². The van der Waals surface area contributed by atoms with Crippen LogP contribution in [0.1, 0.15) is 56.1 Å². The number of nitrogens with zero attached hydrogens (tertiary/aromatic N) is 1. The Morgan fingerprint density at radius 2 is 1.93 bits per heavy atom. The van der Waals surface area contributed by atoms with E-state index in [1.54, 1.807) is 13.0 Å². The molecule has 1 spiro atoms. The lowest BCUT2D eigenvalue weighted by atomic mass is 9.69. The molecule has 4 rings (SSSR count). The van der Waals surface area contributed by atoms with Crippen molar-refractivity contribution < 1.29 is 27.8 Å². The van der Waals surface area contributed by atoms with Crippen molar-refractivity contribution in [1.29, 1.82) is 0 Å². The minimum atomic E-state index is -4.68. The number of aliphatic hydroxyl groups is 1. The SMILES string of the molecule is Cc1cc(OC(F)(F)F)ccc1C1CCC2(C1)CN(C(=O)[C@H]1C[C@@](C)(O)C1)C2. The summed E-state index contributed by atoms with van der Waals surface area (Å²) in [4.78, 5) is 14.4. The summed E-state index contributed by atoms with van der Waals surface area (Å²) in [6, 6.07) is 4.59. The van der Waals surface area contributed by atoms with Gasteiger partial charge >= 0.3 is 6.36 Å². The quantitative estimate of drug-likeness (QED) is 0.834. The van der Waals surface area contributed by atoms with E-state index in [9.17, 15) is 23.1 Å². The third kappa shape index (κ3) is 3.73. The van der Waals surface area contributed by atoms with Crippen LogP contribution in [-0.2, 0) is 4.79 Å². The number of alkyl halides is 3. The number of benzene rings is 1. The lowest BCUT2D eigenvalue weighted by Gasteiger charge is -2.52. The summed E-state index contributed by atoms with van der Waals surface area (Å²) in [7, 11) is 0. The van der Waals surface area contributed by atoms with Crippen LogP contribution >= 0.6 is 0 Å². The molecular formula is C21H26F3NO3. The lowest BCUT2D eigenvalue weighted by Crippen LogP contribution is -2.61. The number of likely N-dealkylation sites (tertiary alicyclic amines) is 1. The van der Waals surface area contributed by atoms with Crippen LogP contribution in [0.2, 0.25) is 0 Å². The first-order valence-corrected chi connectivity index (χ1v) is 9.83. The van der Waals surface area contributed by atoms with E-state index in [4.69, 9.17) is 0 Å². The van der Waals surface area contributed by atoms with Crippen molar-refractivity contribution in [2.24, 2.45) is 11.3 Å². The molecule has 3 aliphatic rings. The number of carbonyl (C=O) groups excluding carboxylic acids is 1. The van der Waals surface area contributed by atoms with Crippen molar-refractivity contribution in [1.82, 2.24) is 4.90 Å². The summed E-state index contributed by atoms with van der Waals surface area (Å²) in [6.07, 6.45) is -0.613. The summed E-state index contributed by atoms with van der Waals surface area (Å²) in [5.41, 5.74) is 1.33. The van der Waals surface area contributed by atoms with Gasteiger partial charge in [0.1, 0.15) is 5.75 Å². The highest BCUT2D eigenvalue weighted by molar-refractivity contribution is 5.81. The molecule has 1 N–H and O–H groups in total. The van der Waals surface area contributed by atoms with Gasteiger partial charge in [0.15, 0.2) is 0 Å². The Bertz CT molecular complexity index is 776. The fourth-order valence-electron chi connectivity index (χ4n) is 5.42. The lowest BCUT2D eigenvalue weighted by molar-refractivity contribution is -0.274. The van der Waals surface area contributed by atoms with E-state index in [0.717, 1.165) is 43.5 Å². The molecule has 1 aromatic carbocycles. The third-order valence-corrected chi connectivity index (χ3v) is 6.70. The van der Waals surface area contributed by atoms with Gasteiger partial charge in [-0.05, 0) is 75.1 Å². The van der Waals surface area contributed by atoms with E-state index in [-0.39, 0.29) is 23.0 Å². The van der Waals surface area contributed by atoms with Crippen LogP contribution in [0, 0.1) is 18.3 Å². The molecule has 1 saturated heterocycles. The van der Waals surface area contributed by atoms with Crippen LogP contribution < -0.4 is 4.74 Å². The zero-order valence-electron chi connectivity index (χ0n) is 16.2. The van der Waals surface area contributed by atoms with E-state index in [1.165, 1.54) is 12.1 Å². The number of ether oxygens (including phenoxy) is 1. The summed E-state index contributed by atoms with van der Waals surface area (Å²) < 4.78 is 41.2. The molecule has 28 heavy (non-hydrogen) atoms. The molecule has 7 heteroatoms. The highest BCUT2D eigenvalue weighted by Crippen LogP contribution is 2.53. The summed E-state index contributed by atoms with van der Waals surface area (Å²) in [6.45, 7) is 5.11. The Hall–Kier alpha value is -1.76. The fraction of sp³-hybridized carbons (Fsp3) is 0.667. The number of amides is 1. The smallest absolute Gasteiger partial charge is 0.406 e. The maximum absolute atomic E-state index is 12.5. The second-order valence-electron chi connectivity index (χ2n) is 9.30. The molecule has 1 aromatic rings. The van der Waals surface area contributed by atoms with Crippen molar-refractivity contribution in [2.75, 3.05) is 13.1 Å². The molecule has 1 atom stereocenters. The van der Waals surface area contributed by atoms with E-state index < -0.39 is 12.0 Å². The Morgan fingerprint density at radius 3 is 2.50 bits per heavy atom. The molecule has 1 heterocycles. The highest BCUT2D eigenvalue weighted by atomic mass is 19.4. The summed E-state index contributed by atoms with van der Waals surface area (Å²) >= 11 is 0. The van der Waals surface area contributed by atoms with Crippen molar-refractivity contribution in [3.05, 3.63) is 29.3 Å². The van der Waals surface area contributed by atoms with Gasteiger partial charge in [0, 0.05) is 24.4 Å². The van der Waals surface area contributed by atoms with Gasteiger partial charge in [-0.15, -0.1) is 13.2 Å². The largest absolute Gasteiger partial charge is 0.573 e. The van der Waals surface area contributed by atoms with Crippen LogP contribution in [0.3, 0.4) is 0 Å². The highest BCUT2D eigenvalue weighted by Gasteiger charge is 2.53. The number of halogens is 3. The second-order valence-corrected chi connectivity index (χ2v) is 9.30. The monoisotopic (exact) mass is 397 g/mol. The Morgan fingerprint density at radius 1 is 1.25 bits per heavy atom. The van der Waals surface area contributed by atoms with Crippen molar-refractivity contribution in [2.45, 2.75) is 63.8 Å². The Labute approximate surface area is 162 Å². The fourth-order valence-corrected chi connectivity index (χ4v) is 5.42. The molecule has 0 radical (unpaired) electrons. The van der Waals surface area contributed by atoms with Crippen LogP contribution in [0.15, 0.2) is 18.2 Å². The molecular weight excluding hydrogens is 371 g/mol. The minimum Gasteiger partial charge on any atom is -0.406 e. The Balaban J connectivity index is 1.34. The van der Waals surface area contributed by atoms with Gasteiger partial charge < -0.3 is 14.7 Å². The van der Waals surface area contributed by atoms with E-state index in [1.807, 2.05) is 11.8 Å². The standard InChI is InChI=1S/C21H26F3NO3/c1-13-7-16(28-21(22,23)24)3-4-17(13)14-5-6-20(10-14)11-25(12-20)18(26)15-8-19(2,27)9-15/h3-4,7,14-15,27H,5-6,8-12H2,1-2H3/t14?,15-,19+.